The minimum absolute atomic E-state index is 0.0463. The van der Waals surface area contributed by atoms with Crippen molar-refractivity contribution < 1.29 is 4.79 Å². The van der Waals surface area contributed by atoms with Gasteiger partial charge in [-0.1, -0.05) is 88.4 Å². The van der Waals surface area contributed by atoms with Gasteiger partial charge in [0.15, 0.2) is 5.78 Å². The van der Waals surface area contributed by atoms with Gasteiger partial charge < -0.3 is 0 Å². The van der Waals surface area contributed by atoms with Gasteiger partial charge in [-0.3, -0.25) is 4.79 Å². The van der Waals surface area contributed by atoms with Gasteiger partial charge in [0.2, 0.25) is 0 Å². The first kappa shape index (κ1) is 20.3. The molecular formula is C21H27N3O. The maximum Gasteiger partial charge on any atom is 0.187 e. The van der Waals surface area contributed by atoms with E-state index in [1.165, 1.54) is 6.33 Å². The summed E-state index contributed by atoms with van der Waals surface area (Å²) in [6, 6.07) is 18.9. The fourth-order valence-electron chi connectivity index (χ4n) is 2.32. The zero-order valence-corrected chi connectivity index (χ0v) is 15.5. The lowest BCUT2D eigenvalue weighted by atomic mass is 9.98. The highest BCUT2D eigenvalue weighted by Crippen LogP contribution is 2.18. The van der Waals surface area contributed by atoms with Crippen LogP contribution >= 0.6 is 0 Å². The number of carbonyl (C=O) groups excluding carboxylic acids is 1. The van der Waals surface area contributed by atoms with Gasteiger partial charge >= 0.3 is 0 Å². The molecular weight excluding hydrogens is 310 g/mol. The maximum absolute atomic E-state index is 12.8. The summed E-state index contributed by atoms with van der Waals surface area (Å²) in [5.74, 6) is 0.0463. The Balaban J connectivity index is 0.000000730. The molecule has 3 rings (SSSR count). The second-order valence-corrected chi connectivity index (χ2v) is 4.81. The Kier molecular flexibility index (Phi) is 9.53. The highest BCUT2D eigenvalue weighted by Gasteiger charge is 2.22. The monoisotopic (exact) mass is 337 g/mol. The molecule has 0 saturated carbocycles. The van der Waals surface area contributed by atoms with E-state index in [0.29, 0.717) is 12.0 Å². The Morgan fingerprint density at radius 3 is 2.00 bits per heavy atom. The molecule has 2 aromatic carbocycles. The molecule has 0 saturated heterocycles. The fraction of sp³-hybridized carbons (Fsp3) is 0.286. The van der Waals surface area contributed by atoms with Gasteiger partial charge in [0.25, 0.3) is 0 Å². The molecule has 25 heavy (non-hydrogen) atoms. The summed E-state index contributed by atoms with van der Waals surface area (Å²) in [6.45, 7) is 8.00. The number of aromatic nitrogens is 3. The molecule has 0 fully saturated rings. The van der Waals surface area contributed by atoms with Crippen LogP contribution in [0.3, 0.4) is 0 Å². The zero-order chi connectivity index (χ0) is 18.5. The Labute approximate surface area is 150 Å². The van der Waals surface area contributed by atoms with E-state index < -0.39 is 0 Å². The molecule has 0 spiro atoms. The quantitative estimate of drug-likeness (QED) is 0.616. The third-order valence-corrected chi connectivity index (χ3v) is 3.39. The Hall–Kier alpha value is -2.75. The van der Waals surface area contributed by atoms with Crippen molar-refractivity contribution in [2.75, 3.05) is 0 Å². The van der Waals surface area contributed by atoms with Crippen molar-refractivity contribution in [1.29, 1.82) is 0 Å². The Morgan fingerprint density at radius 2 is 1.48 bits per heavy atom. The van der Waals surface area contributed by atoms with E-state index in [9.17, 15) is 4.79 Å². The topological polar surface area (TPSA) is 47.8 Å². The highest BCUT2D eigenvalue weighted by atomic mass is 16.1. The van der Waals surface area contributed by atoms with Crippen LogP contribution in [-0.4, -0.2) is 20.5 Å². The van der Waals surface area contributed by atoms with E-state index in [2.05, 4.69) is 10.1 Å². The van der Waals surface area contributed by atoms with E-state index in [4.69, 9.17) is 0 Å². The lowest BCUT2D eigenvalue weighted by Gasteiger charge is -2.16. The molecule has 1 heterocycles. The molecule has 0 amide bonds. The lowest BCUT2D eigenvalue weighted by Crippen LogP contribution is -2.22. The summed E-state index contributed by atoms with van der Waals surface area (Å²) < 4.78 is 1.63. The van der Waals surface area contributed by atoms with Crippen molar-refractivity contribution in [3.8, 4) is 0 Å². The SMILES string of the molecule is CC.CC.O=C(c1ccccc1)C(Cc1ccccc1)n1cncn1. The molecule has 4 heteroatoms. The summed E-state index contributed by atoms with van der Waals surface area (Å²) in [6.07, 6.45) is 3.64. The maximum atomic E-state index is 12.8. The van der Waals surface area contributed by atoms with E-state index >= 15 is 0 Å². The average Bonchev–Trinajstić information content (AvgIpc) is 3.25. The molecule has 1 atom stereocenters. The van der Waals surface area contributed by atoms with Crippen molar-refractivity contribution in [3.63, 3.8) is 0 Å². The molecule has 132 valence electrons. The van der Waals surface area contributed by atoms with Gasteiger partial charge in [-0.25, -0.2) is 9.67 Å². The van der Waals surface area contributed by atoms with Crippen LogP contribution in [0.5, 0.6) is 0 Å². The molecule has 0 bridgehead atoms. The molecule has 0 radical (unpaired) electrons. The Morgan fingerprint density at radius 1 is 0.920 bits per heavy atom. The summed E-state index contributed by atoms with van der Waals surface area (Å²) in [5, 5.41) is 4.14. The van der Waals surface area contributed by atoms with Crippen LogP contribution in [0.2, 0.25) is 0 Å². The number of nitrogens with zero attached hydrogens (tertiary/aromatic N) is 3. The molecule has 0 aliphatic rings. The first-order chi connectivity index (χ1) is 12.3. The molecule has 1 unspecified atom stereocenters. The third kappa shape index (κ3) is 5.99. The number of Topliss-reactive ketones (excluding diaryl/α,β-unsaturated/α-hetero) is 1. The standard InChI is InChI=1S/C17H15N3O.2C2H6/c21-17(15-9-5-2-6-10-15)16(20-13-18-12-19-20)11-14-7-3-1-4-8-14;2*1-2/h1-10,12-13,16H,11H2;2*1-2H3. The van der Waals surface area contributed by atoms with Gasteiger partial charge in [0, 0.05) is 12.0 Å². The molecule has 4 nitrogen and oxygen atoms in total. The van der Waals surface area contributed by atoms with Crippen molar-refractivity contribution in [2.45, 2.75) is 40.2 Å². The van der Waals surface area contributed by atoms with Gasteiger partial charge in [-0.2, -0.15) is 5.10 Å². The van der Waals surface area contributed by atoms with Crippen LogP contribution in [-0.2, 0) is 6.42 Å². The number of ketones is 1. The second-order valence-electron chi connectivity index (χ2n) is 4.81. The molecule has 0 aliphatic carbocycles. The van der Waals surface area contributed by atoms with Crippen molar-refractivity contribution in [3.05, 3.63) is 84.4 Å². The van der Waals surface area contributed by atoms with Crippen LogP contribution in [0, 0.1) is 0 Å². The van der Waals surface area contributed by atoms with E-state index in [-0.39, 0.29) is 11.8 Å². The van der Waals surface area contributed by atoms with E-state index in [1.807, 2.05) is 88.4 Å². The van der Waals surface area contributed by atoms with Crippen LogP contribution in [0.25, 0.3) is 0 Å². The predicted octanol–water partition coefficient (Wildman–Crippen LogP) is 5.00. The minimum Gasteiger partial charge on any atom is -0.292 e. The smallest absolute Gasteiger partial charge is 0.187 e. The summed E-state index contributed by atoms with van der Waals surface area (Å²) in [7, 11) is 0. The van der Waals surface area contributed by atoms with Crippen LogP contribution in [0.15, 0.2) is 73.3 Å². The second kappa shape index (κ2) is 11.7. The lowest BCUT2D eigenvalue weighted by molar-refractivity contribution is 0.0916. The largest absolute Gasteiger partial charge is 0.292 e. The summed E-state index contributed by atoms with van der Waals surface area (Å²) in [5.41, 5.74) is 1.79. The van der Waals surface area contributed by atoms with Gasteiger partial charge in [0.1, 0.15) is 18.7 Å². The number of hydrogen-bond acceptors (Lipinski definition) is 3. The molecule has 1 aromatic heterocycles. The number of benzene rings is 2. The predicted molar refractivity (Wildman–Crippen MR) is 103 cm³/mol. The Bertz CT molecular complexity index is 695. The minimum atomic E-state index is -0.378. The van der Waals surface area contributed by atoms with Gasteiger partial charge in [0.05, 0.1) is 0 Å². The number of hydrogen-bond donors (Lipinski definition) is 0. The summed E-state index contributed by atoms with van der Waals surface area (Å²) in [4.78, 5) is 16.7. The van der Waals surface area contributed by atoms with Crippen LogP contribution < -0.4 is 0 Å². The number of rotatable bonds is 5. The van der Waals surface area contributed by atoms with Gasteiger partial charge in [-0.05, 0) is 5.56 Å². The van der Waals surface area contributed by atoms with Gasteiger partial charge in [-0.15, -0.1) is 0 Å². The third-order valence-electron chi connectivity index (χ3n) is 3.39. The van der Waals surface area contributed by atoms with E-state index in [1.54, 1.807) is 11.0 Å². The first-order valence-corrected chi connectivity index (χ1v) is 8.82. The molecule has 0 aliphatic heterocycles. The van der Waals surface area contributed by atoms with Crippen molar-refractivity contribution >= 4 is 5.78 Å². The first-order valence-electron chi connectivity index (χ1n) is 8.82. The van der Waals surface area contributed by atoms with Crippen LogP contribution in [0.1, 0.15) is 49.7 Å². The fourth-order valence-corrected chi connectivity index (χ4v) is 2.32. The highest BCUT2D eigenvalue weighted by molar-refractivity contribution is 5.99. The zero-order valence-electron chi connectivity index (χ0n) is 15.5. The summed E-state index contributed by atoms with van der Waals surface area (Å²) >= 11 is 0. The van der Waals surface area contributed by atoms with Crippen molar-refractivity contribution in [2.24, 2.45) is 0 Å². The molecule has 0 N–H and O–H groups in total. The normalized spacial score (nSPS) is 10.6. The van der Waals surface area contributed by atoms with Crippen LogP contribution in [0.4, 0.5) is 0 Å². The van der Waals surface area contributed by atoms with Crippen molar-refractivity contribution in [1.82, 2.24) is 14.8 Å². The van der Waals surface area contributed by atoms with E-state index in [0.717, 1.165) is 5.56 Å². The number of carbonyl (C=O) groups is 1. The molecule has 3 aromatic rings. The average molecular weight is 337 g/mol.